The van der Waals surface area contributed by atoms with Gasteiger partial charge in [-0.15, -0.1) is 0 Å². The summed E-state index contributed by atoms with van der Waals surface area (Å²) in [4.78, 5) is 33.9. The van der Waals surface area contributed by atoms with E-state index in [0.717, 1.165) is 6.07 Å². The molecule has 1 heterocycles. The van der Waals surface area contributed by atoms with Gasteiger partial charge in [0.05, 0.1) is 0 Å². The van der Waals surface area contributed by atoms with Crippen LogP contribution in [0.1, 0.15) is 16.1 Å². The minimum atomic E-state index is -1.45. The van der Waals surface area contributed by atoms with Gasteiger partial charge in [-0.1, -0.05) is 23.7 Å². The van der Waals surface area contributed by atoms with E-state index in [0.29, 0.717) is 10.6 Å². The number of carboxylic acids is 2. The Morgan fingerprint density at radius 1 is 1.22 bits per heavy atom. The normalized spacial score (nSPS) is 11.9. The van der Waals surface area contributed by atoms with E-state index in [4.69, 9.17) is 26.9 Å². The molecule has 1 aromatic heterocycles. The SMILES string of the molecule is NC(Cc1cc(=O)oc(C(=O)O)c1-c1ccc(Cl)cc1)C(=O)O. The lowest BCUT2D eigenvalue weighted by atomic mass is 9.95. The van der Waals surface area contributed by atoms with Crippen LogP contribution in [0.3, 0.4) is 0 Å². The molecule has 0 bridgehead atoms. The molecule has 1 unspecified atom stereocenters. The van der Waals surface area contributed by atoms with Crippen LogP contribution in [-0.2, 0) is 11.2 Å². The van der Waals surface area contributed by atoms with Crippen LogP contribution in [0.2, 0.25) is 5.02 Å². The van der Waals surface area contributed by atoms with Crippen molar-refractivity contribution in [3.63, 3.8) is 0 Å². The second-order valence-corrected chi connectivity index (χ2v) is 5.19. The maximum Gasteiger partial charge on any atom is 0.372 e. The molecule has 2 rings (SSSR count). The maximum atomic E-state index is 11.6. The van der Waals surface area contributed by atoms with Crippen LogP contribution in [0.4, 0.5) is 0 Å². The molecule has 0 aliphatic carbocycles. The second-order valence-electron chi connectivity index (χ2n) is 4.76. The van der Waals surface area contributed by atoms with E-state index in [1.165, 1.54) is 12.1 Å². The third kappa shape index (κ3) is 3.77. The molecule has 8 heteroatoms. The summed E-state index contributed by atoms with van der Waals surface area (Å²) in [5, 5.41) is 18.6. The van der Waals surface area contributed by atoms with E-state index < -0.39 is 29.4 Å². The molecule has 0 fully saturated rings. The molecule has 2 aromatic rings. The molecule has 0 amide bonds. The Bertz CT molecular complexity index is 812. The highest BCUT2D eigenvalue weighted by Crippen LogP contribution is 2.29. The average molecular weight is 338 g/mol. The van der Waals surface area contributed by atoms with Crippen molar-refractivity contribution >= 4 is 23.5 Å². The lowest BCUT2D eigenvalue weighted by Gasteiger charge is -2.13. The molecule has 0 saturated carbocycles. The summed E-state index contributed by atoms with van der Waals surface area (Å²) in [6, 6.07) is 5.91. The van der Waals surface area contributed by atoms with Crippen LogP contribution in [-0.4, -0.2) is 28.2 Å². The Morgan fingerprint density at radius 2 is 1.83 bits per heavy atom. The van der Waals surface area contributed by atoms with Crippen molar-refractivity contribution in [2.24, 2.45) is 5.73 Å². The van der Waals surface area contributed by atoms with Crippen molar-refractivity contribution in [2.75, 3.05) is 0 Å². The summed E-state index contributed by atoms with van der Waals surface area (Å²) in [7, 11) is 0. The zero-order valence-electron chi connectivity index (χ0n) is 11.7. The summed E-state index contributed by atoms with van der Waals surface area (Å²) >= 11 is 5.80. The predicted molar refractivity (Wildman–Crippen MR) is 81.7 cm³/mol. The molecule has 0 aliphatic rings. The molecule has 0 radical (unpaired) electrons. The van der Waals surface area contributed by atoms with Gasteiger partial charge in [0.2, 0.25) is 5.76 Å². The van der Waals surface area contributed by atoms with E-state index in [-0.39, 0.29) is 17.5 Å². The van der Waals surface area contributed by atoms with Crippen molar-refractivity contribution in [3.05, 3.63) is 57.1 Å². The quantitative estimate of drug-likeness (QED) is 0.755. The fraction of sp³-hybridized carbons (Fsp3) is 0.133. The van der Waals surface area contributed by atoms with Gasteiger partial charge >= 0.3 is 17.6 Å². The molecule has 1 aromatic carbocycles. The summed E-state index contributed by atoms with van der Waals surface area (Å²) in [6.07, 6.45) is -0.223. The summed E-state index contributed by atoms with van der Waals surface area (Å²) in [5.41, 5.74) is 5.30. The number of hydrogen-bond acceptors (Lipinski definition) is 5. The molecule has 0 saturated heterocycles. The maximum absolute atomic E-state index is 11.6. The number of rotatable bonds is 5. The average Bonchev–Trinajstić information content (AvgIpc) is 2.47. The van der Waals surface area contributed by atoms with Gasteiger partial charge in [-0.3, -0.25) is 4.79 Å². The smallest absolute Gasteiger partial charge is 0.372 e. The third-order valence-corrected chi connectivity index (χ3v) is 3.38. The van der Waals surface area contributed by atoms with Gasteiger partial charge in [-0.05, 0) is 29.7 Å². The van der Waals surface area contributed by atoms with E-state index >= 15 is 0 Å². The highest BCUT2D eigenvalue weighted by atomic mass is 35.5. The molecule has 120 valence electrons. The van der Waals surface area contributed by atoms with Crippen LogP contribution in [0.5, 0.6) is 0 Å². The van der Waals surface area contributed by atoms with Crippen LogP contribution in [0.15, 0.2) is 39.5 Å². The van der Waals surface area contributed by atoms with Crippen molar-refractivity contribution < 1.29 is 24.2 Å². The number of halogens is 1. The first kappa shape index (κ1) is 16.7. The lowest BCUT2D eigenvalue weighted by Crippen LogP contribution is -2.33. The van der Waals surface area contributed by atoms with Gasteiger partial charge in [0, 0.05) is 16.7 Å². The van der Waals surface area contributed by atoms with Crippen LogP contribution < -0.4 is 11.4 Å². The van der Waals surface area contributed by atoms with E-state index in [1.807, 2.05) is 0 Å². The van der Waals surface area contributed by atoms with E-state index in [1.54, 1.807) is 12.1 Å². The number of carbonyl (C=O) groups is 2. The fourth-order valence-electron chi connectivity index (χ4n) is 2.11. The predicted octanol–water partition coefficient (Wildman–Crippen LogP) is 1.61. The van der Waals surface area contributed by atoms with Crippen LogP contribution in [0.25, 0.3) is 11.1 Å². The molecular formula is C15H12ClNO6. The van der Waals surface area contributed by atoms with E-state index in [2.05, 4.69) is 0 Å². The van der Waals surface area contributed by atoms with Crippen molar-refractivity contribution in [1.29, 1.82) is 0 Å². The first-order valence-electron chi connectivity index (χ1n) is 6.44. The molecule has 7 nitrogen and oxygen atoms in total. The van der Waals surface area contributed by atoms with Crippen LogP contribution in [0, 0.1) is 0 Å². The van der Waals surface area contributed by atoms with Gasteiger partial charge in [0.1, 0.15) is 6.04 Å². The molecule has 0 spiro atoms. The fourth-order valence-corrected chi connectivity index (χ4v) is 2.24. The largest absolute Gasteiger partial charge is 0.480 e. The van der Waals surface area contributed by atoms with Crippen molar-refractivity contribution in [1.82, 2.24) is 0 Å². The van der Waals surface area contributed by atoms with Crippen molar-refractivity contribution in [3.8, 4) is 11.1 Å². The summed E-state index contributed by atoms with van der Waals surface area (Å²) < 4.78 is 4.76. The number of aromatic carboxylic acids is 1. The van der Waals surface area contributed by atoms with E-state index in [9.17, 15) is 19.5 Å². The third-order valence-electron chi connectivity index (χ3n) is 3.13. The Balaban J connectivity index is 2.69. The first-order chi connectivity index (χ1) is 10.8. The highest BCUT2D eigenvalue weighted by molar-refractivity contribution is 6.30. The number of aliphatic carboxylic acids is 1. The Labute approximate surface area is 134 Å². The molecule has 4 N–H and O–H groups in total. The Hall–Kier alpha value is -2.64. The molecule has 0 aliphatic heterocycles. The number of hydrogen-bond donors (Lipinski definition) is 3. The number of benzene rings is 1. The highest BCUT2D eigenvalue weighted by Gasteiger charge is 2.23. The summed E-state index contributed by atoms with van der Waals surface area (Å²) in [5.74, 6) is -3.29. The van der Waals surface area contributed by atoms with Gasteiger partial charge in [0.25, 0.3) is 0 Å². The van der Waals surface area contributed by atoms with Gasteiger partial charge < -0.3 is 20.4 Å². The second kappa shape index (κ2) is 6.64. The minimum absolute atomic E-state index is 0.102. The van der Waals surface area contributed by atoms with Gasteiger partial charge in [-0.2, -0.15) is 0 Å². The number of carboxylic acid groups (broad SMARTS) is 2. The Kier molecular flexibility index (Phi) is 4.83. The molecule has 23 heavy (non-hydrogen) atoms. The topological polar surface area (TPSA) is 131 Å². The molecule has 1 atom stereocenters. The van der Waals surface area contributed by atoms with Crippen LogP contribution >= 0.6 is 11.6 Å². The Morgan fingerprint density at radius 3 is 2.35 bits per heavy atom. The van der Waals surface area contributed by atoms with Gasteiger partial charge in [0.15, 0.2) is 0 Å². The monoisotopic (exact) mass is 337 g/mol. The lowest BCUT2D eigenvalue weighted by molar-refractivity contribution is -0.138. The zero-order valence-corrected chi connectivity index (χ0v) is 12.4. The first-order valence-corrected chi connectivity index (χ1v) is 6.82. The molecular weight excluding hydrogens is 326 g/mol. The number of nitrogens with two attached hydrogens (primary N) is 1. The summed E-state index contributed by atoms with van der Waals surface area (Å²) in [6.45, 7) is 0. The standard InChI is InChI=1S/C15H12ClNO6/c16-9-3-1-7(2-4-9)12-8(5-10(17)14(19)20)6-11(18)23-13(12)15(21)22/h1-4,6,10H,5,17H2,(H,19,20)(H,21,22). The zero-order chi connectivity index (χ0) is 17.1. The van der Waals surface area contributed by atoms with Crippen molar-refractivity contribution in [2.45, 2.75) is 12.5 Å². The minimum Gasteiger partial charge on any atom is -0.480 e. The van der Waals surface area contributed by atoms with Gasteiger partial charge in [-0.25, -0.2) is 9.59 Å².